The molecule has 1 aliphatic heterocycles. The minimum atomic E-state index is -4.13. The van der Waals surface area contributed by atoms with Crippen molar-refractivity contribution >= 4 is 17.9 Å². The topological polar surface area (TPSA) is 81.6 Å². The number of carbonyl (C=O) groups is 2. The highest BCUT2D eigenvalue weighted by molar-refractivity contribution is 6.01. The van der Waals surface area contributed by atoms with Crippen LogP contribution in [0.15, 0.2) is 24.4 Å². The van der Waals surface area contributed by atoms with E-state index in [1.54, 1.807) is 0 Å². The van der Waals surface area contributed by atoms with Crippen LogP contribution < -0.4 is 14.4 Å². The van der Waals surface area contributed by atoms with Crippen LogP contribution in [0.25, 0.3) is 0 Å². The second-order valence-corrected chi connectivity index (χ2v) is 5.00. The number of hydrogen-bond donors (Lipinski definition) is 0. The molecule has 1 aromatic heterocycles. The molecule has 0 N–H and O–H groups in total. The lowest BCUT2D eigenvalue weighted by Crippen LogP contribution is -2.50. The Bertz CT molecular complexity index is 860. The van der Waals surface area contributed by atoms with Gasteiger partial charge in [-0.15, -0.1) is 0 Å². The lowest BCUT2D eigenvalue weighted by molar-refractivity contribution is -0.193. The summed E-state index contributed by atoms with van der Waals surface area (Å²) in [7, 11) is 1.18. The molecule has 0 saturated carbocycles. The van der Waals surface area contributed by atoms with Gasteiger partial charge in [-0.25, -0.2) is 4.98 Å². The number of nitrogens with zero attached hydrogens (tertiary/aromatic N) is 3. The molecule has 1 amide bonds. The molecule has 0 fully saturated rings. The van der Waals surface area contributed by atoms with Crippen molar-refractivity contribution in [2.45, 2.75) is 12.7 Å². The van der Waals surface area contributed by atoms with Gasteiger partial charge in [0.2, 0.25) is 5.82 Å². The van der Waals surface area contributed by atoms with Crippen molar-refractivity contribution in [3.8, 4) is 11.6 Å². The van der Waals surface area contributed by atoms with E-state index in [-0.39, 0.29) is 28.7 Å². The van der Waals surface area contributed by atoms with E-state index in [0.29, 0.717) is 11.2 Å². The zero-order valence-corrected chi connectivity index (χ0v) is 12.7. The van der Waals surface area contributed by atoms with E-state index < -0.39 is 24.4 Å². The number of benzene rings is 1. The van der Waals surface area contributed by atoms with Crippen molar-refractivity contribution in [2.75, 3.05) is 12.0 Å². The second kappa shape index (κ2) is 6.04. The third-order valence-corrected chi connectivity index (χ3v) is 3.40. The molecule has 2 heterocycles. The highest BCUT2D eigenvalue weighted by Gasteiger charge is 2.50. The van der Waals surface area contributed by atoms with Crippen molar-refractivity contribution in [1.82, 2.24) is 9.97 Å². The number of methoxy groups -OCH3 is 1. The fourth-order valence-corrected chi connectivity index (χ4v) is 2.26. The van der Waals surface area contributed by atoms with E-state index in [1.807, 2.05) is 0 Å². The third kappa shape index (κ3) is 2.97. The molecule has 130 valence electrons. The van der Waals surface area contributed by atoms with Crippen LogP contribution in [0.2, 0.25) is 0 Å². The first kappa shape index (κ1) is 16.7. The normalized spacial score (nSPS) is 15.4. The summed E-state index contributed by atoms with van der Waals surface area (Å²) in [5.74, 6) is -3.31. The van der Waals surface area contributed by atoms with Gasteiger partial charge in [-0.3, -0.25) is 14.5 Å². The molecule has 3 rings (SSSR count). The van der Waals surface area contributed by atoms with Gasteiger partial charge in [0.25, 0.3) is 5.88 Å². The average Bonchev–Trinajstić information content (AvgIpc) is 2.59. The van der Waals surface area contributed by atoms with Gasteiger partial charge in [0.05, 0.1) is 25.5 Å². The Morgan fingerprint density at radius 3 is 2.84 bits per heavy atom. The SMILES string of the molecule is COc1nc(CN2C(=O)C(F)(F)Oc3cc(C=O)ccc32)ncc1F. The summed E-state index contributed by atoms with van der Waals surface area (Å²) in [6.45, 7) is -0.470. The fraction of sp³-hybridized carbons (Fsp3) is 0.200. The average molecular weight is 353 g/mol. The van der Waals surface area contributed by atoms with Crippen molar-refractivity contribution in [3.05, 3.63) is 41.6 Å². The number of aromatic nitrogens is 2. The number of ether oxygens (including phenoxy) is 2. The highest BCUT2D eigenvalue weighted by atomic mass is 19.3. The maximum atomic E-state index is 13.8. The number of anilines is 1. The zero-order chi connectivity index (χ0) is 18.2. The number of rotatable bonds is 4. The number of amides is 1. The first-order chi connectivity index (χ1) is 11.9. The molecule has 0 radical (unpaired) electrons. The Balaban J connectivity index is 2.02. The number of carbonyl (C=O) groups excluding carboxylic acids is 2. The fourth-order valence-electron chi connectivity index (χ4n) is 2.26. The molecular weight excluding hydrogens is 343 g/mol. The Morgan fingerprint density at radius 2 is 2.16 bits per heavy atom. The first-order valence-electron chi connectivity index (χ1n) is 6.89. The van der Waals surface area contributed by atoms with Gasteiger partial charge < -0.3 is 9.47 Å². The highest BCUT2D eigenvalue weighted by Crippen LogP contribution is 2.40. The molecule has 7 nitrogen and oxygen atoms in total. The summed E-state index contributed by atoms with van der Waals surface area (Å²) >= 11 is 0. The van der Waals surface area contributed by atoms with Crippen LogP contribution in [0.4, 0.5) is 18.9 Å². The van der Waals surface area contributed by atoms with Crippen molar-refractivity contribution in [1.29, 1.82) is 0 Å². The lowest BCUT2D eigenvalue weighted by Gasteiger charge is -2.33. The number of hydrogen-bond acceptors (Lipinski definition) is 6. The zero-order valence-electron chi connectivity index (χ0n) is 12.7. The Kier molecular flexibility index (Phi) is 4.03. The van der Waals surface area contributed by atoms with E-state index in [0.717, 1.165) is 12.3 Å². The number of aldehydes is 1. The summed E-state index contributed by atoms with van der Waals surface area (Å²) in [4.78, 5) is 30.9. The minimum Gasteiger partial charge on any atom is -0.479 e. The summed E-state index contributed by atoms with van der Waals surface area (Å²) in [5.41, 5.74) is 0.108. The maximum absolute atomic E-state index is 13.8. The van der Waals surface area contributed by atoms with E-state index in [2.05, 4.69) is 14.7 Å². The van der Waals surface area contributed by atoms with Gasteiger partial charge in [0.1, 0.15) is 6.29 Å². The van der Waals surface area contributed by atoms with Gasteiger partial charge in [0, 0.05) is 5.56 Å². The second-order valence-electron chi connectivity index (χ2n) is 5.00. The quantitative estimate of drug-likeness (QED) is 0.782. The monoisotopic (exact) mass is 353 g/mol. The molecule has 1 aromatic carbocycles. The molecule has 0 saturated heterocycles. The molecule has 0 atom stereocenters. The Hall–Kier alpha value is -3.17. The molecule has 2 aromatic rings. The lowest BCUT2D eigenvalue weighted by atomic mass is 10.1. The molecular formula is C15H10F3N3O4. The van der Waals surface area contributed by atoms with Gasteiger partial charge in [0.15, 0.2) is 11.6 Å². The van der Waals surface area contributed by atoms with E-state index >= 15 is 0 Å². The van der Waals surface area contributed by atoms with E-state index in [4.69, 9.17) is 4.74 Å². The Labute approximate surface area is 139 Å². The van der Waals surface area contributed by atoms with Crippen molar-refractivity contribution < 1.29 is 32.2 Å². The molecule has 25 heavy (non-hydrogen) atoms. The van der Waals surface area contributed by atoms with Crippen LogP contribution in [0.3, 0.4) is 0 Å². The smallest absolute Gasteiger partial charge is 0.479 e. The summed E-state index contributed by atoms with van der Waals surface area (Å²) in [6, 6.07) is 3.71. The van der Waals surface area contributed by atoms with Crippen molar-refractivity contribution in [2.24, 2.45) is 0 Å². The molecule has 0 aliphatic carbocycles. The van der Waals surface area contributed by atoms with Crippen molar-refractivity contribution in [3.63, 3.8) is 0 Å². The summed E-state index contributed by atoms with van der Waals surface area (Å²) in [6.07, 6.45) is -2.87. The Morgan fingerprint density at radius 1 is 1.40 bits per heavy atom. The molecule has 0 bridgehead atoms. The van der Waals surface area contributed by atoms with Crippen LogP contribution in [0, 0.1) is 5.82 Å². The van der Waals surface area contributed by atoms with Crippen LogP contribution in [-0.4, -0.2) is 35.4 Å². The van der Waals surface area contributed by atoms with Gasteiger partial charge >= 0.3 is 12.0 Å². The predicted molar refractivity (Wildman–Crippen MR) is 77.1 cm³/mol. The van der Waals surface area contributed by atoms with Crippen LogP contribution in [0.1, 0.15) is 16.2 Å². The molecule has 1 aliphatic rings. The van der Waals surface area contributed by atoms with E-state index in [9.17, 15) is 22.8 Å². The molecule has 0 unspecified atom stereocenters. The largest absolute Gasteiger partial charge is 0.482 e. The first-order valence-corrected chi connectivity index (χ1v) is 6.89. The van der Waals surface area contributed by atoms with E-state index in [1.165, 1.54) is 19.2 Å². The minimum absolute atomic E-state index is 0.00779. The molecule has 0 spiro atoms. The summed E-state index contributed by atoms with van der Waals surface area (Å²) in [5, 5.41) is 0. The summed E-state index contributed by atoms with van der Waals surface area (Å²) < 4.78 is 50.2. The number of fused-ring (bicyclic) bond motifs is 1. The predicted octanol–water partition coefficient (Wildman–Crippen LogP) is 1.96. The maximum Gasteiger partial charge on any atom is 0.482 e. The van der Waals surface area contributed by atoms with Gasteiger partial charge in [-0.1, -0.05) is 0 Å². The van der Waals surface area contributed by atoms with Crippen LogP contribution in [0.5, 0.6) is 11.6 Å². The van der Waals surface area contributed by atoms with Crippen LogP contribution in [-0.2, 0) is 11.3 Å². The third-order valence-electron chi connectivity index (χ3n) is 3.40. The number of halogens is 3. The standard InChI is InChI=1S/C15H10F3N3O4/c1-24-13-9(16)5-19-12(20-13)6-21-10-3-2-8(7-22)4-11(10)25-15(17,18)14(21)23/h2-5,7H,6H2,1H3. The molecule has 10 heteroatoms. The van der Waals surface area contributed by atoms with Gasteiger partial charge in [-0.2, -0.15) is 18.2 Å². The number of alkyl halides is 2. The van der Waals surface area contributed by atoms with Crippen LogP contribution >= 0.6 is 0 Å². The van der Waals surface area contributed by atoms with Gasteiger partial charge in [-0.05, 0) is 18.2 Å².